The lowest BCUT2D eigenvalue weighted by Gasteiger charge is -2.41. The predicted octanol–water partition coefficient (Wildman–Crippen LogP) is 1.51. The first-order valence-electron chi connectivity index (χ1n) is 6.21. The smallest absolute Gasteiger partial charge is 0.0850 e. The highest BCUT2D eigenvalue weighted by molar-refractivity contribution is 6.31. The van der Waals surface area contributed by atoms with Crippen molar-refractivity contribution in [1.29, 1.82) is 0 Å². The Kier molecular flexibility index (Phi) is 3.48. The second kappa shape index (κ2) is 4.59. The van der Waals surface area contributed by atoms with Gasteiger partial charge in [-0.25, -0.2) is 0 Å². The molecule has 17 heavy (non-hydrogen) atoms. The SMILES string of the molecule is CCc1nn(CC)c(CC2(O)CC(N)C2)c1Cl. The number of aryl methyl sites for hydroxylation is 2. The summed E-state index contributed by atoms with van der Waals surface area (Å²) in [7, 11) is 0. The summed E-state index contributed by atoms with van der Waals surface area (Å²) in [4.78, 5) is 0. The highest BCUT2D eigenvalue weighted by atomic mass is 35.5. The topological polar surface area (TPSA) is 64.1 Å². The number of aromatic nitrogens is 2. The summed E-state index contributed by atoms with van der Waals surface area (Å²) in [6, 6.07) is 0.127. The molecule has 2 rings (SSSR count). The van der Waals surface area contributed by atoms with Crippen LogP contribution in [0.3, 0.4) is 0 Å². The van der Waals surface area contributed by atoms with Gasteiger partial charge in [0.05, 0.1) is 22.0 Å². The third kappa shape index (κ3) is 2.34. The Bertz CT molecular complexity index is 410. The molecule has 96 valence electrons. The van der Waals surface area contributed by atoms with Gasteiger partial charge < -0.3 is 10.8 Å². The van der Waals surface area contributed by atoms with Crippen molar-refractivity contribution in [3.8, 4) is 0 Å². The molecule has 0 spiro atoms. The molecule has 0 aromatic carbocycles. The lowest BCUT2D eigenvalue weighted by Crippen LogP contribution is -2.53. The van der Waals surface area contributed by atoms with Crippen LogP contribution < -0.4 is 5.73 Å². The van der Waals surface area contributed by atoms with Gasteiger partial charge in [-0.3, -0.25) is 4.68 Å². The number of halogens is 1. The molecule has 1 fully saturated rings. The van der Waals surface area contributed by atoms with E-state index in [-0.39, 0.29) is 6.04 Å². The van der Waals surface area contributed by atoms with E-state index in [2.05, 4.69) is 5.10 Å². The number of hydrogen-bond acceptors (Lipinski definition) is 3. The number of nitrogens with zero attached hydrogens (tertiary/aromatic N) is 2. The van der Waals surface area contributed by atoms with Gasteiger partial charge in [-0.05, 0) is 26.2 Å². The Morgan fingerprint density at radius 2 is 2.18 bits per heavy atom. The number of hydrogen-bond donors (Lipinski definition) is 2. The maximum Gasteiger partial charge on any atom is 0.0850 e. The van der Waals surface area contributed by atoms with Crippen LogP contribution in [0.1, 0.15) is 38.1 Å². The van der Waals surface area contributed by atoms with Crippen LogP contribution in [0.15, 0.2) is 0 Å². The quantitative estimate of drug-likeness (QED) is 0.860. The standard InChI is InChI=1S/C12H20ClN3O/c1-3-9-11(13)10(16(4-2)15-9)7-12(17)5-8(14)6-12/h8,17H,3-7,14H2,1-2H3. The molecule has 0 saturated heterocycles. The average molecular weight is 258 g/mol. The second-order valence-electron chi connectivity index (χ2n) is 4.95. The van der Waals surface area contributed by atoms with Gasteiger partial charge in [-0.15, -0.1) is 0 Å². The first kappa shape index (κ1) is 12.9. The van der Waals surface area contributed by atoms with Gasteiger partial charge in [0.1, 0.15) is 0 Å². The Morgan fingerprint density at radius 3 is 2.65 bits per heavy atom. The maximum absolute atomic E-state index is 10.3. The molecule has 0 radical (unpaired) electrons. The zero-order valence-electron chi connectivity index (χ0n) is 10.4. The summed E-state index contributed by atoms with van der Waals surface area (Å²) < 4.78 is 1.89. The summed E-state index contributed by atoms with van der Waals surface area (Å²) in [5.74, 6) is 0. The van der Waals surface area contributed by atoms with Crippen molar-refractivity contribution in [3.63, 3.8) is 0 Å². The Labute approximate surface area is 107 Å². The van der Waals surface area contributed by atoms with E-state index in [4.69, 9.17) is 17.3 Å². The number of nitrogens with two attached hydrogens (primary N) is 1. The molecule has 1 aromatic heterocycles. The fourth-order valence-electron chi connectivity index (χ4n) is 2.56. The van der Waals surface area contributed by atoms with Gasteiger partial charge in [-0.2, -0.15) is 5.10 Å². The molecule has 0 amide bonds. The van der Waals surface area contributed by atoms with Crippen LogP contribution in [-0.2, 0) is 19.4 Å². The van der Waals surface area contributed by atoms with Crippen molar-refractivity contribution in [3.05, 3.63) is 16.4 Å². The van der Waals surface area contributed by atoms with Gasteiger partial charge in [0.25, 0.3) is 0 Å². The molecule has 4 nitrogen and oxygen atoms in total. The molecule has 1 aliphatic carbocycles. The first-order chi connectivity index (χ1) is 7.99. The summed E-state index contributed by atoms with van der Waals surface area (Å²) in [5, 5.41) is 15.4. The molecule has 3 N–H and O–H groups in total. The lowest BCUT2D eigenvalue weighted by molar-refractivity contribution is -0.0469. The maximum atomic E-state index is 10.3. The van der Waals surface area contributed by atoms with E-state index in [1.165, 1.54) is 0 Å². The monoisotopic (exact) mass is 257 g/mol. The van der Waals surface area contributed by atoms with E-state index in [1.807, 2.05) is 18.5 Å². The van der Waals surface area contributed by atoms with E-state index >= 15 is 0 Å². The molecule has 0 aliphatic heterocycles. The van der Waals surface area contributed by atoms with Crippen LogP contribution in [0.25, 0.3) is 0 Å². The highest BCUT2D eigenvalue weighted by Crippen LogP contribution is 2.36. The molecular weight excluding hydrogens is 238 g/mol. The van der Waals surface area contributed by atoms with E-state index in [0.717, 1.165) is 24.4 Å². The van der Waals surface area contributed by atoms with Crippen LogP contribution in [0.5, 0.6) is 0 Å². The Morgan fingerprint density at radius 1 is 1.53 bits per heavy atom. The Hall–Kier alpha value is -0.580. The van der Waals surface area contributed by atoms with Crippen molar-refractivity contribution in [2.45, 2.75) is 57.7 Å². The van der Waals surface area contributed by atoms with Crippen molar-refractivity contribution >= 4 is 11.6 Å². The van der Waals surface area contributed by atoms with Gasteiger partial charge >= 0.3 is 0 Å². The molecule has 1 aromatic rings. The van der Waals surface area contributed by atoms with Crippen LogP contribution in [0.2, 0.25) is 5.02 Å². The summed E-state index contributed by atoms with van der Waals surface area (Å²) in [5.41, 5.74) is 6.91. The van der Waals surface area contributed by atoms with Crippen LogP contribution in [-0.4, -0.2) is 26.5 Å². The molecule has 1 saturated carbocycles. The largest absolute Gasteiger partial charge is 0.389 e. The minimum atomic E-state index is -0.680. The van der Waals surface area contributed by atoms with Crippen LogP contribution in [0, 0.1) is 0 Å². The van der Waals surface area contributed by atoms with Crippen LogP contribution in [0.4, 0.5) is 0 Å². The van der Waals surface area contributed by atoms with E-state index < -0.39 is 5.60 Å². The van der Waals surface area contributed by atoms with Crippen molar-refractivity contribution in [2.75, 3.05) is 0 Å². The fourth-order valence-corrected chi connectivity index (χ4v) is 2.89. The minimum absolute atomic E-state index is 0.127. The van der Waals surface area contributed by atoms with E-state index in [9.17, 15) is 5.11 Å². The summed E-state index contributed by atoms with van der Waals surface area (Å²) in [6.45, 7) is 4.84. The molecule has 0 bridgehead atoms. The van der Waals surface area contributed by atoms with Gasteiger partial charge in [0.2, 0.25) is 0 Å². The minimum Gasteiger partial charge on any atom is -0.389 e. The highest BCUT2D eigenvalue weighted by Gasteiger charge is 2.42. The summed E-state index contributed by atoms with van der Waals surface area (Å²) >= 11 is 6.31. The van der Waals surface area contributed by atoms with Crippen molar-refractivity contribution in [2.24, 2.45) is 5.73 Å². The molecule has 0 unspecified atom stereocenters. The van der Waals surface area contributed by atoms with Crippen molar-refractivity contribution in [1.82, 2.24) is 9.78 Å². The molecule has 5 heteroatoms. The average Bonchev–Trinajstić information content (AvgIpc) is 2.54. The fraction of sp³-hybridized carbons (Fsp3) is 0.750. The Balaban J connectivity index is 2.22. The number of aliphatic hydroxyl groups is 1. The third-order valence-electron chi connectivity index (χ3n) is 3.47. The van der Waals surface area contributed by atoms with Crippen LogP contribution >= 0.6 is 11.6 Å². The zero-order chi connectivity index (χ0) is 12.6. The predicted molar refractivity (Wildman–Crippen MR) is 68.2 cm³/mol. The van der Waals surface area contributed by atoms with Gasteiger partial charge in [0, 0.05) is 19.0 Å². The van der Waals surface area contributed by atoms with Gasteiger partial charge in [0.15, 0.2) is 0 Å². The van der Waals surface area contributed by atoms with E-state index in [1.54, 1.807) is 0 Å². The molecular formula is C12H20ClN3O. The first-order valence-corrected chi connectivity index (χ1v) is 6.59. The molecule has 0 atom stereocenters. The van der Waals surface area contributed by atoms with Crippen molar-refractivity contribution < 1.29 is 5.11 Å². The van der Waals surface area contributed by atoms with Gasteiger partial charge in [-0.1, -0.05) is 18.5 Å². The zero-order valence-corrected chi connectivity index (χ0v) is 11.2. The molecule has 1 aliphatic rings. The second-order valence-corrected chi connectivity index (χ2v) is 5.32. The number of rotatable bonds is 4. The summed E-state index contributed by atoms with van der Waals surface area (Å²) in [6.07, 6.45) is 2.68. The third-order valence-corrected chi connectivity index (χ3v) is 3.91. The lowest BCUT2D eigenvalue weighted by atomic mass is 9.73. The van der Waals surface area contributed by atoms with E-state index in [0.29, 0.717) is 24.3 Å². The molecule has 1 heterocycles. The normalized spacial score (nSPS) is 28.2.